The fourth-order valence-electron chi connectivity index (χ4n) is 1.50. The van der Waals surface area contributed by atoms with E-state index in [1.807, 2.05) is 0 Å². The number of aromatic nitrogens is 3. The van der Waals surface area contributed by atoms with Gasteiger partial charge < -0.3 is 4.90 Å². The summed E-state index contributed by atoms with van der Waals surface area (Å²) in [6.07, 6.45) is -2.46. The van der Waals surface area contributed by atoms with Crippen LogP contribution in [-0.2, 0) is 6.18 Å². The zero-order valence-electron chi connectivity index (χ0n) is 9.56. The summed E-state index contributed by atoms with van der Waals surface area (Å²) in [5.74, 6) is -0.447. The van der Waals surface area contributed by atoms with Crippen LogP contribution in [0.1, 0.15) is 16.1 Å². The molecule has 1 amide bonds. The lowest BCUT2D eigenvalue weighted by atomic mass is 10.3. The maximum Gasteiger partial charge on any atom is 0.433 e. The van der Waals surface area contributed by atoms with Crippen molar-refractivity contribution in [3.63, 3.8) is 0 Å². The summed E-state index contributed by atoms with van der Waals surface area (Å²) in [7, 11) is 3.00. The van der Waals surface area contributed by atoms with Gasteiger partial charge in [-0.2, -0.15) is 18.3 Å². The van der Waals surface area contributed by atoms with E-state index in [1.54, 1.807) is 0 Å². The van der Waals surface area contributed by atoms with Crippen molar-refractivity contribution >= 4 is 11.6 Å². The minimum absolute atomic E-state index is 0.0334. The number of rotatable bonds is 1. The third kappa shape index (κ3) is 1.89. The highest BCUT2D eigenvalue weighted by atomic mass is 19.4. The monoisotopic (exact) mass is 258 g/mol. The Morgan fingerprint density at radius 1 is 1.39 bits per heavy atom. The summed E-state index contributed by atoms with van der Waals surface area (Å²) in [6.45, 7) is 0. The summed E-state index contributed by atoms with van der Waals surface area (Å²) in [6, 6.07) is 0.809. The van der Waals surface area contributed by atoms with Crippen LogP contribution >= 0.6 is 0 Å². The van der Waals surface area contributed by atoms with Gasteiger partial charge in [0.2, 0.25) is 0 Å². The van der Waals surface area contributed by atoms with Crippen LogP contribution in [0.5, 0.6) is 0 Å². The van der Waals surface area contributed by atoms with E-state index < -0.39 is 17.8 Å². The molecule has 0 aliphatic carbocycles. The fourth-order valence-corrected chi connectivity index (χ4v) is 1.50. The van der Waals surface area contributed by atoms with Gasteiger partial charge in [0.15, 0.2) is 5.65 Å². The summed E-state index contributed by atoms with van der Waals surface area (Å²) >= 11 is 0. The third-order valence-electron chi connectivity index (χ3n) is 2.33. The minimum Gasteiger partial charge on any atom is -0.345 e. The molecule has 0 N–H and O–H groups in total. The van der Waals surface area contributed by atoms with Crippen LogP contribution in [-0.4, -0.2) is 39.5 Å². The molecule has 2 aromatic rings. The number of carbonyl (C=O) groups excluding carboxylic acids is 1. The molecule has 0 saturated carbocycles. The van der Waals surface area contributed by atoms with Gasteiger partial charge in [-0.15, -0.1) is 0 Å². The zero-order valence-corrected chi connectivity index (χ0v) is 9.56. The Balaban J connectivity index is 2.66. The van der Waals surface area contributed by atoms with E-state index >= 15 is 0 Å². The number of fused-ring (bicyclic) bond motifs is 1. The van der Waals surface area contributed by atoms with Crippen molar-refractivity contribution in [2.24, 2.45) is 0 Å². The maximum absolute atomic E-state index is 12.7. The second-order valence-electron chi connectivity index (χ2n) is 3.82. The Hall–Kier alpha value is -2.12. The molecule has 0 aliphatic heterocycles. The SMILES string of the molecule is CN(C)C(=O)c1cnn2c(C(F)(F)F)ccnc12. The van der Waals surface area contributed by atoms with Crippen LogP contribution in [0.2, 0.25) is 0 Å². The predicted octanol–water partition coefficient (Wildman–Crippen LogP) is 1.45. The Morgan fingerprint density at radius 2 is 2.06 bits per heavy atom. The summed E-state index contributed by atoms with van der Waals surface area (Å²) in [5.41, 5.74) is -1.04. The average Bonchev–Trinajstić information content (AvgIpc) is 2.69. The Kier molecular flexibility index (Phi) is 2.72. The topological polar surface area (TPSA) is 50.5 Å². The number of carbonyl (C=O) groups is 1. The van der Waals surface area contributed by atoms with Gasteiger partial charge in [0.05, 0.1) is 6.20 Å². The molecule has 0 fully saturated rings. The van der Waals surface area contributed by atoms with E-state index in [0.29, 0.717) is 4.52 Å². The molecule has 0 unspecified atom stereocenters. The minimum atomic E-state index is -4.55. The molecular weight excluding hydrogens is 249 g/mol. The first kappa shape index (κ1) is 12.3. The molecule has 2 aromatic heterocycles. The van der Waals surface area contributed by atoms with Gasteiger partial charge in [0, 0.05) is 20.3 Å². The van der Waals surface area contributed by atoms with E-state index in [1.165, 1.54) is 19.0 Å². The molecule has 2 heterocycles. The predicted molar refractivity (Wildman–Crippen MR) is 56.0 cm³/mol. The number of alkyl halides is 3. The molecule has 0 bridgehead atoms. The molecule has 0 aliphatic rings. The van der Waals surface area contributed by atoms with Gasteiger partial charge in [-0.3, -0.25) is 4.79 Å². The highest BCUT2D eigenvalue weighted by molar-refractivity contribution is 5.99. The fraction of sp³-hybridized carbons (Fsp3) is 0.300. The van der Waals surface area contributed by atoms with E-state index in [-0.39, 0.29) is 11.2 Å². The van der Waals surface area contributed by atoms with Crippen molar-refractivity contribution in [2.75, 3.05) is 14.1 Å². The molecule has 0 atom stereocenters. The van der Waals surface area contributed by atoms with Crippen LogP contribution in [0.15, 0.2) is 18.5 Å². The second-order valence-corrected chi connectivity index (χ2v) is 3.82. The van der Waals surface area contributed by atoms with Crippen LogP contribution in [0, 0.1) is 0 Å². The summed E-state index contributed by atoms with van der Waals surface area (Å²) < 4.78 is 38.7. The molecule has 0 radical (unpaired) electrons. The lowest BCUT2D eigenvalue weighted by molar-refractivity contribution is -0.142. The van der Waals surface area contributed by atoms with E-state index in [2.05, 4.69) is 10.1 Å². The first-order valence-electron chi connectivity index (χ1n) is 4.94. The number of hydrogen-bond acceptors (Lipinski definition) is 3. The van der Waals surface area contributed by atoms with Crippen molar-refractivity contribution in [1.82, 2.24) is 19.5 Å². The number of amides is 1. The lowest BCUT2D eigenvalue weighted by Crippen LogP contribution is -2.22. The first-order valence-corrected chi connectivity index (χ1v) is 4.94. The van der Waals surface area contributed by atoms with Crippen LogP contribution in [0.4, 0.5) is 13.2 Å². The van der Waals surface area contributed by atoms with Crippen molar-refractivity contribution in [2.45, 2.75) is 6.18 Å². The van der Waals surface area contributed by atoms with Gasteiger partial charge >= 0.3 is 6.18 Å². The first-order chi connectivity index (χ1) is 8.32. The quantitative estimate of drug-likeness (QED) is 0.778. The van der Waals surface area contributed by atoms with Crippen molar-refractivity contribution in [3.05, 3.63) is 29.7 Å². The highest BCUT2D eigenvalue weighted by Gasteiger charge is 2.35. The Bertz CT molecular complexity index is 603. The van der Waals surface area contributed by atoms with Gasteiger partial charge in [-0.05, 0) is 6.07 Å². The highest BCUT2D eigenvalue weighted by Crippen LogP contribution is 2.29. The van der Waals surface area contributed by atoms with E-state index in [4.69, 9.17) is 0 Å². The van der Waals surface area contributed by atoms with Crippen LogP contribution in [0.3, 0.4) is 0 Å². The lowest BCUT2D eigenvalue weighted by Gasteiger charge is -2.09. The van der Waals surface area contributed by atoms with Crippen molar-refractivity contribution < 1.29 is 18.0 Å². The molecular formula is C10H9F3N4O. The van der Waals surface area contributed by atoms with Crippen molar-refractivity contribution in [1.29, 1.82) is 0 Å². The number of nitrogens with zero attached hydrogens (tertiary/aromatic N) is 4. The van der Waals surface area contributed by atoms with Gasteiger partial charge in [0.25, 0.3) is 5.91 Å². The number of halogens is 3. The van der Waals surface area contributed by atoms with Gasteiger partial charge in [-0.25, -0.2) is 9.50 Å². The van der Waals surface area contributed by atoms with Crippen LogP contribution in [0.25, 0.3) is 5.65 Å². The van der Waals surface area contributed by atoms with Crippen LogP contribution < -0.4 is 0 Å². The Morgan fingerprint density at radius 3 is 2.61 bits per heavy atom. The molecule has 18 heavy (non-hydrogen) atoms. The van der Waals surface area contributed by atoms with E-state index in [9.17, 15) is 18.0 Å². The summed E-state index contributed by atoms with van der Waals surface area (Å²) in [5, 5.41) is 3.58. The smallest absolute Gasteiger partial charge is 0.345 e. The zero-order chi connectivity index (χ0) is 13.5. The Labute approximate surface area is 99.8 Å². The number of hydrogen-bond donors (Lipinski definition) is 0. The van der Waals surface area contributed by atoms with Gasteiger partial charge in [-0.1, -0.05) is 0 Å². The summed E-state index contributed by atoms with van der Waals surface area (Å²) in [4.78, 5) is 16.8. The normalized spacial score (nSPS) is 11.8. The van der Waals surface area contributed by atoms with E-state index in [0.717, 1.165) is 18.5 Å². The third-order valence-corrected chi connectivity index (χ3v) is 2.33. The second kappa shape index (κ2) is 3.97. The van der Waals surface area contributed by atoms with Gasteiger partial charge in [0.1, 0.15) is 11.3 Å². The molecule has 5 nitrogen and oxygen atoms in total. The average molecular weight is 258 g/mol. The largest absolute Gasteiger partial charge is 0.433 e. The molecule has 96 valence electrons. The molecule has 8 heteroatoms. The maximum atomic E-state index is 12.7. The molecule has 0 aromatic carbocycles. The molecule has 0 spiro atoms. The standard InChI is InChI=1S/C10H9F3N4O/c1-16(2)9(18)6-5-15-17-7(10(11,12)13)3-4-14-8(6)17/h3-5H,1-2H3. The molecule has 2 rings (SSSR count). The van der Waals surface area contributed by atoms with Crippen molar-refractivity contribution in [3.8, 4) is 0 Å². The molecule has 0 saturated heterocycles.